The van der Waals surface area contributed by atoms with Gasteiger partial charge in [0, 0.05) is 25.0 Å². The maximum atomic E-state index is 4.33. The number of rotatable bonds is 5. The lowest BCUT2D eigenvalue weighted by atomic mass is 9.96. The first-order valence-electron chi connectivity index (χ1n) is 7.60. The summed E-state index contributed by atoms with van der Waals surface area (Å²) in [4.78, 5) is 4.33. The molecule has 21 heavy (non-hydrogen) atoms. The first-order valence-corrected chi connectivity index (χ1v) is 7.60. The summed E-state index contributed by atoms with van der Waals surface area (Å²) in [5.74, 6) is 1.51. The number of benzene rings is 1. The zero-order chi connectivity index (χ0) is 14.6. The monoisotopic (exact) mass is 401 g/mol. The Labute approximate surface area is 146 Å². The fourth-order valence-corrected chi connectivity index (χ4v) is 2.34. The second-order valence-corrected chi connectivity index (χ2v) is 6.25. The van der Waals surface area contributed by atoms with Crippen LogP contribution in [0, 0.1) is 5.92 Å². The molecule has 1 atom stereocenters. The lowest BCUT2D eigenvalue weighted by molar-refractivity contribution is 0.479. The molecular weight excluding hydrogens is 373 g/mol. The molecule has 1 unspecified atom stereocenters. The second-order valence-electron chi connectivity index (χ2n) is 6.25. The van der Waals surface area contributed by atoms with Gasteiger partial charge in [-0.15, -0.1) is 24.0 Å². The van der Waals surface area contributed by atoms with Crippen LogP contribution in [-0.4, -0.2) is 25.6 Å². The van der Waals surface area contributed by atoms with Gasteiger partial charge in [-0.05, 0) is 31.2 Å². The van der Waals surface area contributed by atoms with E-state index in [0.717, 1.165) is 12.5 Å². The van der Waals surface area contributed by atoms with Crippen LogP contribution in [0.2, 0.25) is 0 Å². The minimum absolute atomic E-state index is 0. The minimum Gasteiger partial charge on any atom is -0.356 e. The normalized spacial score (nSPS) is 17.9. The van der Waals surface area contributed by atoms with Gasteiger partial charge >= 0.3 is 0 Å². The Morgan fingerprint density at radius 3 is 2.29 bits per heavy atom. The van der Waals surface area contributed by atoms with E-state index in [1.807, 2.05) is 7.05 Å². The van der Waals surface area contributed by atoms with E-state index in [4.69, 9.17) is 0 Å². The van der Waals surface area contributed by atoms with Gasteiger partial charge in [-0.1, -0.05) is 44.2 Å². The Morgan fingerprint density at radius 1 is 1.19 bits per heavy atom. The van der Waals surface area contributed by atoms with E-state index in [1.54, 1.807) is 0 Å². The molecule has 1 aliphatic rings. The number of hydrogen-bond acceptors (Lipinski definition) is 1. The van der Waals surface area contributed by atoms with Gasteiger partial charge in [0.2, 0.25) is 0 Å². The van der Waals surface area contributed by atoms with Crippen LogP contribution in [-0.2, 0) is 5.41 Å². The molecule has 3 nitrogen and oxygen atoms in total. The van der Waals surface area contributed by atoms with Gasteiger partial charge in [0.25, 0.3) is 0 Å². The zero-order valence-electron chi connectivity index (χ0n) is 13.5. The summed E-state index contributed by atoms with van der Waals surface area (Å²) in [6.07, 6.45) is 2.53. The fraction of sp³-hybridized carbons (Fsp3) is 0.588. The lowest BCUT2D eigenvalue weighted by Crippen LogP contribution is -2.46. The van der Waals surface area contributed by atoms with Crippen LogP contribution in [0.4, 0.5) is 0 Å². The van der Waals surface area contributed by atoms with E-state index < -0.39 is 0 Å². The summed E-state index contributed by atoms with van der Waals surface area (Å²) in [7, 11) is 1.84. The Kier molecular flexibility index (Phi) is 6.97. The first kappa shape index (κ1) is 18.3. The number of hydrogen-bond donors (Lipinski definition) is 2. The van der Waals surface area contributed by atoms with Crippen molar-refractivity contribution in [3.63, 3.8) is 0 Å². The molecule has 4 heteroatoms. The molecule has 2 rings (SSSR count). The molecule has 1 aliphatic carbocycles. The average molecular weight is 401 g/mol. The average Bonchev–Trinajstić information content (AvgIpc) is 3.25. The summed E-state index contributed by atoms with van der Waals surface area (Å²) >= 11 is 0. The summed E-state index contributed by atoms with van der Waals surface area (Å²) in [5, 5.41) is 6.95. The molecule has 0 aromatic heterocycles. The molecule has 0 aliphatic heterocycles. The molecule has 1 fully saturated rings. The van der Waals surface area contributed by atoms with Crippen molar-refractivity contribution in [1.29, 1.82) is 0 Å². The number of guanidine groups is 1. The van der Waals surface area contributed by atoms with E-state index in [-0.39, 0.29) is 24.0 Å². The van der Waals surface area contributed by atoms with Crippen LogP contribution < -0.4 is 10.6 Å². The van der Waals surface area contributed by atoms with Crippen molar-refractivity contribution in [3.8, 4) is 0 Å². The highest BCUT2D eigenvalue weighted by Gasteiger charge is 2.44. The molecule has 0 amide bonds. The molecule has 0 radical (unpaired) electrons. The Balaban J connectivity index is 0.00000220. The Morgan fingerprint density at radius 2 is 1.81 bits per heavy atom. The topological polar surface area (TPSA) is 36.4 Å². The van der Waals surface area contributed by atoms with E-state index in [0.29, 0.717) is 17.4 Å². The molecule has 0 bridgehead atoms. The van der Waals surface area contributed by atoms with Crippen molar-refractivity contribution in [2.45, 2.75) is 45.1 Å². The van der Waals surface area contributed by atoms with Crippen molar-refractivity contribution in [3.05, 3.63) is 35.9 Å². The first-order chi connectivity index (χ1) is 9.57. The number of nitrogens with one attached hydrogen (secondary N) is 2. The van der Waals surface area contributed by atoms with Gasteiger partial charge in [-0.25, -0.2) is 0 Å². The molecule has 0 heterocycles. The third kappa shape index (κ3) is 4.87. The van der Waals surface area contributed by atoms with E-state index in [1.165, 1.54) is 18.4 Å². The van der Waals surface area contributed by atoms with Crippen LogP contribution in [0.25, 0.3) is 0 Å². The highest BCUT2D eigenvalue weighted by Crippen LogP contribution is 2.47. The van der Waals surface area contributed by atoms with Crippen molar-refractivity contribution in [2.75, 3.05) is 13.6 Å². The minimum atomic E-state index is 0. The molecular formula is C17H28IN3. The Bertz CT molecular complexity index is 452. The summed E-state index contributed by atoms with van der Waals surface area (Å²) in [6.45, 7) is 7.59. The van der Waals surface area contributed by atoms with Crippen molar-refractivity contribution in [1.82, 2.24) is 10.6 Å². The van der Waals surface area contributed by atoms with E-state index in [9.17, 15) is 0 Å². The summed E-state index contributed by atoms with van der Waals surface area (Å²) in [6, 6.07) is 11.2. The molecule has 1 aromatic rings. The fourth-order valence-electron chi connectivity index (χ4n) is 2.34. The van der Waals surface area contributed by atoms with Crippen LogP contribution >= 0.6 is 24.0 Å². The third-order valence-electron chi connectivity index (χ3n) is 4.42. The van der Waals surface area contributed by atoms with E-state index in [2.05, 4.69) is 66.7 Å². The second kappa shape index (κ2) is 8.01. The van der Waals surface area contributed by atoms with Gasteiger partial charge in [0.05, 0.1) is 0 Å². The SMILES string of the molecule is CN=C(NCC1(c2ccccc2)CC1)NC(C)C(C)C.I. The van der Waals surface area contributed by atoms with Crippen LogP contribution in [0.1, 0.15) is 39.2 Å². The van der Waals surface area contributed by atoms with Crippen LogP contribution in [0.15, 0.2) is 35.3 Å². The number of nitrogens with zero attached hydrogens (tertiary/aromatic N) is 1. The quantitative estimate of drug-likeness (QED) is 0.450. The Hall–Kier alpha value is -0.780. The summed E-state index contributed by atoms with van der Waals surface area (Å²) in [5.41, 5.74) is 1.76. The zero-order valence-corrected chi connectivity index (χ0v) is 15.8. The van der Waals surface area contributed by atoms with Gasteiger partial charge in [-0.3, -0.25) is 4.99 Å². The van der Waals surface area contributed by atoms with Gasteiger partial charge in [-0.2, -0.15) is 0 Å². The third-order valence-corrected chi connectivity index (χ3v) is 4.42. The maximum absolute atomic E-state index is 4.33. The predicted molar refractivity (Wildman–Crippen MR) is 102 cm³/mol. The van der Waals surface area contributed by atoms with Crippen LogP contribution in [0.3, 0.4) is 0 Å². The summed E-state index contributed by atoms with van der Waals surface area (Å²) < 4.78 is 0. The van der Waals surface area contributed by atoms with Gasteiger partial charge in [0.15, 0.2) is 5.96 Å². The van der Waals surface area contributed by atoms with Crippen LogP contribution in [0.5, 0.6) is 0 Å². The van der Waals surface area contributed by atoms with Crippen molar-refractivity contribution >= 4 is 29.9 Å². The molecule has 0 saturated heterocycles. The standard InChI is InChI=1S/C17H27N3.HI/c1-13(2)14(3)20-16(18-4)19-12-17(10-11-17)15-8-6-5-7-9-15;/h5-9,13-14H,10-12H2,1-4H3,(H2,18,19,20);1H. The highest BCUT2D eigenvalue weighted by molar-refractivity contribution is 14.0. The molecule has 1 aromatic carbocycles. The van der Waals surface area contributed by atoms with Crippen molar-refractivity contribution < 1.29 is 0 Å². The van der Waals surface area contributed by atoms with Crippen molar-refractivity contribution in [2.24, 2.45) is 10.9 Å². The molecule has 1 saturated carbocycles. The largest absolute Gasteiger partial charge is 0.356 e. The lowest BCUT2D eigenvalue weighted by Gasteiger charge is -2.23. The highest BCUT2D eigenvalue weighted by atomic mass is 127. The predicted octanol–water partition coefficient (Wildman–Crippen LogP) is 3.55. The number of aliphatic imine (C=N–C) groups is 1. The maximum Gasteiger partial charge on any atom is 0.191 e. The smallest absolute Gasteiger partial charge is 0.191 e. The molecule has 2 N–H and O–H groups in total. The number of halogens is 1. The van der Waals surface area contributed by atoms with Gasteiger partial charge in [0.1, 0.15) is 0 Å². The van der Waals surface area contributed by atoms with Gasteiger partial charge < -0.3 is 10.6 Å². The van der Waals surface area contributed by atoms with E-state index >= 15 is 0 Å². The molecule has 118 valence electrons. The molecule has 0 spiro atoms.